The van der Waals surface area contributed by atoms with Gasteiger partial charge in [0.1, 0.15) is 18.1 Å². The highest BCUT2D eigenvalue weighted by molar-refractivity contribution is 7.89. The van der Waals surface area contributed by atoms with Crippen molar-refractivity contribution >= 4 is 34.0 Å². The number of hydrogen-bond donors (Lipinski definition) is 3. The number of hydrogen-bond acceptors (Lipinski definition) is 6. The van der Waals surface area contributed by atoms with Crippen LogP contribution in [0.1, 0.15) is 16.1 Å². The fourth-order valence-electron chi connectivity index (χ4n) is 1.92. The third-order valence-electron chi connectivity index (χ3n) is 3.17. The van der Waals surface area contributed by atoms with E-state index in [0.29, 0.717) is 24.6 Å². The molecule has 1 heterocycles. The van der Waals surface area contributed by atoms with E-state index in [1.807, 2.05) is 0 Å². The van der Waals surface area contributed by atoms with Crippen LogP contribution < -0.4 is 20.5 Å². The Hall–Kier alpha value is -2.07. The molecule has 138 valence electrons. The minimum Gasteiger partial charge on any atom is -0.492 e. The van der Waals surface area contributed by atoms with Crippen molar-refractivity contribution in [3.05, 3.63) is 41.7 Å². The molecule has 0 bridgehead atoms. The molecule has 10 heteroatoms. The number of carbonyl (C=O) groups excluding carboxylic acids is 1. The quantitative estimate of drug-likeness (QED) is 0.659. The summed E-state index contributed by atoms with van der Waals surface area (Å²) in [5.74, 6) is 0.383. The van der Waals surface area contributed by atoms with Gasteiger partial charge in [-0.2, -0.15) is 0 Å². The number of benzene rings is 1. The lowest BCUT2D eigenvalue weighted by Crippen LogP contribution is -2.18. The molecule has 1 aromatic carbocycles. The van der Waals surface area contributed by atoms with Gasteiger partial charge in [-0.3, -0.25) is 4.79 Å². The number of aryl methyl sites for hydroxylation is 1. The lowest BCUT2D eigenvalue weighted by Gasteiger charge is -2.07. The Kier molecular flexibility index (Phi) is 7.43. The van der Waals surface area contributed by atoms with Crippen molar-refractivity contribution in [2.75, 3.05) is 25.5 Å². The third kappa shape index (κ3) is 5.20. The molecule has 0 fully saturated rings. The Morgan fingerprint density at radius 2 is 1.92 bits per heavy atom. The number of sulfonamides is 1. The third-order valence-corrected chi connectivity index (χ3v) is 4.44. The Bertz CT molecular complexity index is 818. The number of nitrogens with one attached hydrogen (secondary N) is 2. The molecule has 0 aliphatic heterocycles. The smallest absolute Gasteiger partial charge is 0.273 e. The van der Waals surface area contributed by atoms with Crippen molar-refractivity contribution in [3.8, 4) is 5.75 Å². The molecular formula is C15H20ClN3O5S. The lowest BCUT2D eigenvalue weighted by molar-refractivity contribution is 0.102. The molecule has 25 heavy (non-hydrogen) atoms. The van der Waals surface area contributed by atoms with Crippen LogP contribution in [0.2, 0.25) is 0 Å². The SMILES string of the molecule is CNS(=O)(=O)c1cc(C(=O)Nc2ccc(OCCN)cc2)c(C)o1.Cl. The van der Waals surface area contributed by atoms with E-state index >= 15 is 0 Å². The fraction of sp³-hybridized carbons (Fsp3) is 0.267. The van der Waals surface area contributed by atoms with E-state index in [1.165, 1.54) is 20.0 Å². The summed E-state index contributed by atoms with van der Waals surface area (Å²) < 4.78 is 36.1. The second-order valence-electron chi connectivity index (χ2n) is 4.86. The average molecular weight is 390 g/mol. The first-order valence-electron chi connectivity index (χ1n) is 7.15. The van der Waals surface area contributed by atoms with Crippen LogP contribution in [0, 0.1) is 6.92 Å². The zero-order valence-corrected chi connectivity index (χ0v) is 15.4. The largest absolute Gasteiger partial charge is 0.492 e. The van der Waals surface area contributed by atoms with E-state index in [9.17, 15) is 13.2 Å². The molecule has 0 aliphatic carbocycles. The highest BCUT2D eigenvalue weighted by Gasteiger charge is 2.22. The number of nitrogens with two attached hydrogens (primary N) is 1. The summed E-state index contributed by atoms with van der Waals surface area (Å²) in [6, 6.07) is 7.93. The van der Waals surface area contributed by atoms with Crippen LogP contribution in [0.3, 0.4) is 0 Å². The second-order valence-corrected chi connectivity index (χ2v) is 6.68. The first-order chi connectivity index (χ1) is 11.4. The maximum atomic E-state index is 12.3. The predicted molar refractivity (Wildman–Crippen MR) is 95.9 cm³/mol. The van der Waals surface area contributed by atoms with E-state index in [0.717, 1.165) is 0 Å². The molecule has 0 aliphatic rings. The summed E-state index contributed by atoms with van der Waals surface area (Å²) in [5.41, 5.74) is 6.04. The summed E-state index contributed by atoms with van der Waals surface area (Å²) in [5, 5.41) is 2.36. The number of ether oxygens (including phenoxy) is 1. The maximum Gasteiger partial charge on any atom is 0.273 e. The van der Waals surface area contributed by atoms with Gasteiger partial charge in [-0.05, 0) is 38.2 Å². The van der Waals surface area contributed by atoms with Crippen molar-refractivity contribution in [2.24, 2.45) is 5.73 Å². The van der Waals surface area contributed by atoms with Crippen molar-refractivity contribution in [3.63, 3.8) is 0 Å². The van der Waals surface area contributed by atoms with Crippen LogP contribution in [-0.4, -0.2) is 34.5 Å². The highest BCUT2D eigenvalue weighted by atomic mass is 35.5. The molecule has 2 rings (SSSR count). The highest BCUT2D eigenvalue weighted by Crippen LogP contribution is 2.21. The first-order valence-corrected chi connectivity index (χ1v) is 8.64. The Labute approximate surface area is 152 Å². The maximum absolute atomic E-state index is 12.3. The van der Waals surface area contributed by atoms with Crippen LogP contribution in [0.4, 0.5) is 5.69 Å². The summed E-state index contributed by atoms with van der Waals surface area (Å²) in [4.78, 5) is 12.3. The van der Waals surface area contributed by atoms with Crippen LogP contribution in [-0.2, 0) is 10.0 Å². The fourth-order valence-corrected chi connectivity index (χ4v) is 2.63. The van der Waals surface area contributed by atoms with Crippen LogP contribution in [0.25, 0.3) is 0 Å². The van der Waals surface area contributed by atoms with E-state index < -0.39 is 15.9 Å². The molecule has 1 aromatic heterocycles. The van der Waals surface area contributed by atoms with E-state index in [4.69, 9.17) is 14.9 Å². The zero-order chi connectivity index (χ0) is 17.7. The minimum atomic E-state index is -3.74. The normalized spacial score (nSPS) is 10.8. The first kappa shape index (κ1) is 21.0. The predicted octanol–water partition coefficient (Wildman–Crippen LogP) is 1.51. The van der Waals surface area contributed by atoms with Gasteiger partial charge in [-0.25, -0.2) is 13.1 Å². The topological polar surface area (TPSA) is 124 Å². The van der Waals surface area contributed by atoms with Crippen LogP contribution in [0.15, 0.2) is 39.8 Å². The van der Waals surface area contributed by atoms with Gasteiger partial charge in [0.25, 0.3) is 15.9 Å². The molecule has 0 atom stereocenters. The van der Waals surface area contributed by atoms with Gasteiger partial charge in [0, 0.05) is 18.3 Å². The van der Waals surface area contributed by atoms with Crippen molar-refractivity contribution in [2.45, 2.75) is 12.0 Å². The van der Waals surface area contributed by atoms with E-state index in [1.54, 1.807) is 24.3 Å². The van der Waals surface area contributed by atoms with Crippen LogP contribution >= 0.6 is 12.4 Å². The molecular weight excluding hydrogens is 370 g/mol. The lowest BCUT2D eigenvalue weighted by atomic mass is 10.2. The van der Waals surface area contributed by atoms with Crippen molar-refractivity contribution in [1.82, 2.24) is 4.72 Å². The minimum absolute atomic E-state index is 0. The van der Waals surface area contributed by atoms with Gasteiger partial charge in [0.15, 0.2) is 0 Å². The standard InChI is InChI=1S/C15H19N3O5S.ClH/c1-10-13(9-14(23-10)24(20,21)17-2)15(19)18-11-3-5-12(6-4-11)22-8-7-16;/h3-6,9,17H,7-8,16H2,1-2H3,(H,18,19);1H. The summed E-state index contributed by atoms with van der Waals surface area (Å²) in [6.07, 6.45) is 0. The Morgan fingerprint density at radius 3 is 2.48 bits per heavy atom. The Balaban J connectivity index is 0.00000312. The van der Waals surface area contributed by atoms with Crippen molar-refractivity contribution in [1.29, 1.82) is 0 Å². The summed E-state index contributed by atoms with van der Waals surface area (Å²) >= 11 is 0. The average Bonchev–Trinajstić information content (AvgIpc) is 2.97. The number of carbonyl (C=O) groups is 1. The summed E-state index contributed by atoms with van der Waals surface area (Å²) in [6.45, 7) is 2.34. The van der Waals surface area contributed by atoms with Gasteiger partial charge in [0.05, 0.1) is 5.56 Å². The molecule has 2 aromatic rings. The van der Waals surface area contributed by atoms with E-state index in [2.05, 4.69) is 10.0 Å². The van der Waals surface area contributed by atoms with Crippen molar-refractivity contribution < 1.29 is 22.4 Å². The molecule has 8 nitrogen and oxygen atoms in total. The number of rotatable bonds is 7. The number of anilines is 1. The molecule has 0 saturated heterocycles. The monoisotopic (exact) mass is 389 g/mol. The zero-order valence-electron chi connectivity index (χ0n) is 13.7. The molecule has 0 radical (unpaired) electrons. The van der Waals surface area contributed by atoms with Gasteiger partial charge in [-0.1, -0.05) is 0 Å². The molecule has 0 spiro atoms. The van der Waals surface area contributed by atoms with E-state index in [-0.39, 0.29) is 28.8 Å². The number of amides is 1. The number of furan rings is 1. The molecule has 0 saturated carbocycles. The molecule has 0 unspecified atom stereocenters. The van der Waals surface area contributed by atoms with Gasteiger partial charge >= 0.3 is 0 Å². The van der Waals surface area contributed by atoms with Gasteiger partial charge < -0.3 is 20.2 Å². The second kappa shape index (κ2) is 8.86. The van der Waals surface area contributed by atoms with Crippen LogP contribution in [0.5, 0.6) is 5.75 Å². The summed E-state index contributed by atoms with van der Waals surface area (Å²) in [7, 11) is -2.48. The number of halogens is 1. The molecule has 1 amide bonds. The Morgan fingerprint density at radius 1 is 1.28 bits per heavy atom. The van der Waals surface area contributed by atoms with Gasteiger partial charge in [-0.15, -0.1) is 12.4 Å². The van der Waals surface area contributed by atoms with Gasteiger partial charge in [0.2, 0.25) is 5.09 Å². The molecule has 4 N–H and O–H groups in total.